The SMILES string of the molecule is CCC(CC(CC)(CC)N([Si](C)(C)C)[Si](C)(C)C)OC(=O)C(C(=O)O)C(=O)O. The number of aliphatic carboxylic acids is 2. The standard InChI is InChI=1S/C19H39NO6Si2/c1-10-14(26-18(25)15(16(21)22)17(23)24)13-19(11-2,12-3)20(27(4,5)6)28(7,8)9/h14-15H,10-13H2,1-9H3,(H,21,22)(H,23,24). The van der Waals surface area contributed by atoms with Crippen LogP contribution in [-0.4, -0.2) is 60.5 Å². The largest absolute Gasteiger partial charge is 0.480 e. The minimum atomic E-state index is -2.18. The lowest BCUT2D eigenvalue weighted by Crippen LogP contribution is -2.69. The van der Waals surface area contributed by atoms with Crippen LogP contribution in [0.3, 0.4) is 0 Å². The van der Waals surface area contributed by atoms with Gasteiger partial charge in [-0.15, -0.1) is 0 Å². The number of carbonyl (C=O) groups is 3. The van der Waals surface area contributed by atoms with Crippen molar-refractivity contribution in [2.24, 2.45) is 5.92 Å². The maximum atomic E-state index is 12.2. The molecule has 7 nitrogen and oxygen atoms in total. The van der Waals surface area contributed by atoms with E-state index in [9.17, 15) is 14.4 Å². The van der Waals surface area contributed by atoms with Gasteiger partial charge in [0.1, 0.15) is 22.6 Å². The first-order valence-corrected chi connectivity index (χ1v) is 16.9. The molecular formula is C19H39NO6Si2. The third-order valence-corrected chi connectivity index (χ3v) is 12.9. The summed E-state index contributed by atoms with van der Waals surface area (Å²) in [6.45, 7) is 20.1. The zero-order chi connectivity index (χ0) is 22.5. The summed E-state index contributed by atoms with van der Waals surface area (Å²) >= 11 is 0. The third-order valence-electron chi connectivity index (χ3n) is 5.21. The molecule has 9 heteroatoms. The highest BCUT2D eigenvalue weighted by Crippen LogP contribution is 2.39. The molecule has 0 amide bonds. The number of carboxylic acids is 2. The van der Waals surface area contributed by atoms with Gasteiger partial charge in [-0.25, -0.2) is 0 Å². The number of carboxylic acid groups (broad SMARTS) is 2. The molecule has 0 spiro atoms. The second-order valence-electron chi connectivity index (χ2n) is 9.39. The summed E-state index contributed by atoms with van der Waals surface area (Å²) in [6, 6.07) is 0. The normalized spacial score (nSPS) is 14.2. The summed E-state index contributed by atoms with van der Waals surface area (Å²) in [5.74, 6) is -6.77. The number of nitrogens with zero attached hydrogens (tertiary/aromatic N) is 1. The molecule has 0 saturated heterocycles. The van der Waals surface area contributed by atoms with Gasteiger partial charge in [0.25, 0.3) is 0 Å². The Kier molecular flexibility index (Phi) is 9.59. The van der Waals surface area contributed by atoms with E-state index < -0.39 is 46.4 Å². The molecule has 0 aromatic rings. The summed E-state index contributed by atoms with van der Waals surface area (Å²) in [4.78, 5) is 34.5. The van der Waals surface area contributed by atoms with Crippen molar-refractivity contribution in [1.29, 1.82) is 0 Å². The van der Waals surface area contributed by atoms with E-state index in [1.165, 1.54) is 0 Å². The van der Waals surface area contributed by atoms with Crippen molar-refractivity contribution in [3.63, 3.8) is 0 Å². The lowest BCUT2D eigenvalue weighted by molar-refractivity contribution is -0.170. The zero-order valence-electron chi connectivity index (χ0n) is 19.0. The van der Waals surface area contributed by atoms with Gasteiger partial charge in [-0.2, -0.15) is 0 Å². The van der Waals surface area contributed by atoms with Crippen LogP contribution in [0.25, 0.3) is 0 Å². The second kappa shape index (κ2) is 10.0. The fraction of sp³-hybridized carbons (Fsp3) is 0.842. The highest BCUT2D eigenvalue weighted by Gasteiger charge is 2.48. The molecule has 0 aliphatic rings. The van der Waals surface area contributed by atoms with Crippen molar-refractivity contribution in [3.05, 3.63) is 0 Å². The lowest BCUT2D eigenvalue weighted by atomic mass is 9.87. The van der Waals surface area contributed by atoms with E-state index in [0.717, 1.165) is 12.8 Å². The van der Waals surface area contributed by atoms with Gasteiger partial charge in [-0.3, -0.25) is 14.4 Å². The third kappa shape index (κ3) is 6.70. The Morgan fingerprint density at radius 3 is 1.54 bits per heavy atom. The average molecular weight is 434 g/mol. The van der Waals surface area contributed by atoms with Crippen LogP contribution in [0, 0.1) is 5.92 Å². The highest BCUT2D eigenvalue weighted by atomic mass is 28.4. The zero-order valence-corrected chi connectivity index (χ0v) is 21.0. The minimum absolute atomic E-state index is 0.169. The van der Waals surface area contributed by atoms with Crippen LogP contribution >= 0.6 is 0 Å². The summed E-state index contributed by atoms with van der Waals surface area (Å²) in [5, 5.41) is 18.1. The van der Waals surface area contributed by atoms with Crippen LogP contribution in [0.15, 0.2) is 0 Å². The van der Waals surface area contributed by atoms with E-state index in [0.29, 0.717) is 12.8 Å². The highest BCUT2D eigenvalue weighted by molar-refractivity contribution is 6.89. The first kappa shape index (κ1) is 26.8. The van der Waals surface area contributed by atoms with Crippen molar-refractivity contribution in [1.82, 2.24) is 4.23 Å². The molecule has 0 bridgehead atoms. The molecule has 28 heavy (non-hydrogen) atoms. The van der Waals surface area contributed by atoms with Crippen LogP contribution in [0.5, 0.6) is 0 Å². The van der Waals surface area contributed by atoms with E-state index in [1.807, 2.05) is 6.92 Å². The summed E-state index contributed by atoms with van der Waals surface area (Å²) in [6.07, 6.45) is 2.32. The summed E-state index contributed by atoms with van der Waals surface area (Å²) in [7, 11) is -3.42. The summed E-state index contributed by atoms with van der Waals surface area (Å²) < 4.78 is 8.14. The Balaban J connectivity index is 5.90. The van der Waals surface area contributed by atoms with Crippen molar-refractivity contribution in [2.45, 2.75) is 97.4 Å². The average Bonchev–Trinajstić information content (AvgIpc) is 2.49. The monoisotopic (exact) mass is 433 g/mol. The molecule has 0 aliphatic heterocycles. The first-order chi connectivity index (χ1) is 12.6. The van der Waals surface area contributed by atoms with Crippen LogP contribution < -0.4 is 0 Å². The molecular weight excluding hydrogens is 394 g/mol. The molecule has 1 unspecified atom stereocenters. The fourth-order valence-electron chi connectivity index (χ4n) is 4.61. The van der Waals surface area contributed by atoms with E-state index >= 15 is 0 Å². The van der Waals surface area contributed by atoms with Crippen LogP contribution in [0.4, 0.5) is 0 Å². The number of hydrogen-bond acceptors (Lipinski definition) is 5. The first-order valence-electron chi connectivity index (χ1n) is 10.0. The Morgan fingerprint density at radius 1 is 0.893 bits per heavy atom. The smallest absolute Gasteiger partial charge is 0.332 e. The molecule has 0 rings (SSSR count). The van der Waals surface area contributed by atoms with Gasteiger partial charge in [0.15, 0.2) is 0 Å². The second-order valence-corrected chi connectivity index (χ2v) is 19.4. The van der Waals surface area contributed by atoms with Crippen molar-refractivity contribution >= 4 is 34.4 Å². The molecule has 0 aliphatic carbocycles. The van der Waals surface area contributed by atoms with Gasteiger partial charge in [0, 0.05) is 12.0 Å². The van der Waals surface area contributed by atoms with Crippen LogP contribution in [0.1, 0.15) is 46.5 Å². The number of carbonyl (C=O) groups excluding carboxylic acids is 1. The van der Waals surface area contributed by atoms with E-state index in [-0.39, 0.29) is 5.54 Å². The van der Waals surface area contributed by atoms with E-state index in [4.69, 9.17) is 14.9 Å². The number of rotatable bonds is 12. The number of hydrogen-bond donors (Lipinski definition) is 2. The Labute approximate surface area is 171 Å². The Hall–Kier alpha value is -1.20. The van der Waals surface area contributed by atoms with E-state index in [1.54, 1.807) is 0 Å². The Morgan fingerprint density at radius 2 is 1.29 bits per heavy atom. The molecule has 2 N–H and O–H groups in total. The maximum absolute atomic E-state index is 12.2. The van der Waals surface area contributed by atoms with Crippen molar-refractivity contribution in [2.75, 3.05) is 0 Å². The van der Waals surface area contributed by atoms with Crippen LogP contribution in [0.2, 0.25) is 39.3 Å². The molecule has 0 fully saturated rings. The predicted octanol–water partition coefficient (Wildman–Crippen LogP) is 4.01. The molecule has 1 atom stereocenters. The molecule has 0 saturated carbocycles. The van der Waals surface area contributed by atoms with E-state index in [2.05, 4.69) is 57.4 Å². The van der Waals surface area contributed by atoms with Crippen molar-refractivity contribution < 1.29 is 29.3 Å². The number of ether oxygens (including phenoxy) is 1. The molecule has 164 valence electrons. The lowest BCUT2D eigenvalue weighted by Gasteiger charge is -2.57. The summed E-state index contributed by atoms with van der Waals surface area (Å²) in [5.41, 5.74) is -0.169. The van der Waals surface area contributed by atoms with Gasteiger partial charge >= 0.3 is 17.9 Å². The molecule has 0 radical (unpaired) electrons. The maximum Gasteiger partial charge on any atom is 0.332 e. The number of esters is 1. The van der Waals surface area contributed by atoms with Gasteiger partial charge in [-0.1, -0.05) is 60.1 Å². The van der Waals surface area contributed by atoms with Gasteiger partial charge in [0.2, 0.25) is 5.92 Å². The predicted molar refractivity (Wildman–Crippen MR) is 115 cm³/mol. The minimum Gasteiger partial charge on any atom is -0.480 e. The van der Waals surface area contributed by atoms with Crippen molar-refractivity contribution in [3.8, 4) is 0 Å². The molecule has 0 aromatic heterocycles. The molecule has 0 aromatic carbocycles. The van der Waals surface area contributed by atoms with Gasteiger partial charge in [-0.05, 0) is 19.3 Å². The van der Waals surface area contributed by atoms with Gasteiger partial charge < -0.3 is 19.2 Å². The Bertz CT molecular complexity index is 536. The van der Waals surface area contributed by atoms with Gasteiger partial charge in [0.05, 0.1) is 0 Å². The molecule has 0 heterocycles. The quantitative estimate of drug-likeness (QED) is 0.272. The fourth-order valence-corrected chi connectivity index (χ4v) is 16.3. The van der Waals surface area contributed by atoms with Crippen LogP contribution in [-0.2, 0) is 19.1 Å². The topological polar surface area (TPSA) is 104 Å².